The van der Waals surface area contributed by atoms with Gasteiger partial charge in [-0.25, -0.2) is 0 Å². The Morgan fingerprint density at radius 1 is 1.23 bits per heavy atom. The monoisotopic (exact) mass is 306 g/mol. The first-order valence-corrected chi connectivity index (χ1v) is 8.14. The Morgan fingerprint density at radius 2 is 1.86 bits per heavy atom. The Hall–Kier alpha value is -1.39. The molecule has 4 nitrogen and oxygen atoms in total. The molecule has 0 spiro atoms. The van der Waals surface area contributed by atoms with Crippen LogP contribution in [-0.4, -0.2) is 24.2 Å². The first kappa shape index (κ1) is 18.7. The standard InChI is InChI=1S/C18H30N2O2/c1-13(2)11-15(9-10-21)12-20-18(22)14(3)17(19)16-7-5-4-6-8-16/h4-8,13-15,17,21H,9-12,19H2,1-3H3,(H,20,22). The van der Waals surface area contributed by atoms with Crippen LogP contribution < -0.4 is 11.1 Å². The topological polar surface area (TPSA) is 75.3 Å². The maximum atomic E-state index is 12.3. The van der Waals surface area contributed by atoms with Crippen LogP contribution in [0.5, 0.6) is 0 Å². The molecular formula is C18H30N2O2. The first-order valence-electron chi connectivity index (χ1n) is 8.14. The summed E-state index contributed by atoms with van der Waals surface area (Å²) in [4.78, 5) is 12.3. The van der Waals surface area contributed by atoms with Crippen molar-refractivity contribution in [2.75, 3.05) is 13.2 Å². The highest BCUT2D eigenvalue weighted by Gasteiger charge is 2.22. The molecular weight excluding hydrogens is 276 g/mol. The number of aliphatic hydroxyl groups excluding tert-OH is 1. The average Bonchev–Trinajstić information content (AvgIpc) is 2.51. The zero-order valence-corrected chi connectivity index (χ0v) is 14.0. The molecule has 4 heteroatoms. The van der Waals surface area contributed by atoms with Crippen molar-refractivity contribution in [2.24, 2.45) is 23.5 Å². The van der Waals surface area contributed by atoms with E-state index >= 15 is 0 Å². The number of benzene rings is 1. The Kier molecular flexibility index (Phi) is 8.13. The molecule has 1 aromatic carbocycles. The van der Waals surface area contributed by atoms with E-state index in [4.69, 9.17) is 10.8 Å². The van der Waals surface area contributed by atoms with Crippen LogP contribution in [0.3, 0.4) is 0 Å². The van der Waals surface area contributed by atoms with Crippen LogP contribution in [-0.2, 0) is 4.79 Å². The number of amides is 1. The lowest BCUT2D eigenvalue weighted by Crippen LogP contribution is -2.38. The predicted octanol–water partition coefficient (Wildman–Crippen LogP) is 2.48. The Balaban J connectivity index is 2.52. The molecule has 0 aliphatic carbocycles. The zero-order chi connectivity index (χ0) is 16.5. The van der Waals surface area contributed by atoms with Crippen molar-refractivity contribution in [3.63, 3.8) is 0 Å². The van der Waals surface area contributed by atoms with Crippen molar-refractivity contribution in [3.8, 4) is 0 Å². The third kappa shape index (κ3) is 6.16. The number of hydrogen-bond acceptors (Lipinski definition) is 3. The van der Waals surface area contributed by atoms with Crippen LogP contribution in [0.15, 0.2) is 30.3 Å². The number of nitrogens with one attached hydrogen (secondary N) is 1. The summed E-state index contributed by atoms with van der Waals surface area (Å²) < 4.78 is 0. The molecule has 0 aromatic heterocycles. The molecule has 0 bridgehead atoms. The lowest BCUT2D eigenvalue weighted by atomic mass is 9.92. The van der Waals surface area contributed by atoms with Crippen LogP contribution in [0.25, 0.3) is 0 Å². The van der Waals surface area contributed by atoms with Gasteiger partial charge in [0.2, 0.25) is 5.91 Å². The van der Waals surface area contributed by atoms with Crippen LogP contribution in [0.2, 0.25) is 0 Å². The van der Waals surface area contributed by atoms with Crippen molar-refractivity contribution >= 4 is 5.91 Å². The Morgan fingerprint density at radius 3 is 2.41 bits per heavy atom. The van der Waals surface area contributed by atoms with Crippen molar-refractivity contribution < 1.29 is 9.90 Å². The first-order chi connectivity index (χ1) is 10.5. The second kappa shape index (κ2) is 9.59. The highest BCUT2D eigenvalue weighted by atomic mass is 16.3. The fourth-order valence-electron chi connectivity index (χ4n) is 2.69. The number of carbonyl (C=O) groups excluding carboxylic acids is 1. The van der Waals surface area contributed by atoms with Gasteiger partial charge in [-0.15, -0.1) is 0 Å². The number of rotatable bonds is 9. The molecule has 3 atom stereocenters. The summed E-state index contributed by atoms with van der Waals surface area (Å²) in [6, 6.07) is 9.39. The summed E-state index contributed by atoms with van der Waals surface area (Å²) in [5.74, 6) is 0.561. The van der Waals surface area contributed by atoms with Gasteiger partial charge in [-0.3, -0.25) is 4.79 Å². The van der Waals surface area contributed by atoms with E-state index in [1.165, 1.54) is 0 Å². The minimum absolute atomic E-state index is 0.0250. The molecule has 0 aliphatic heterocycles. The van der Waals surface area contributed by atoms with E-state index in [-0.39, 0.29) is 24.5 Å². The second-order valence-electron chi connectivity index (χ2n) is 6.48. The molecule has 3 unspecified atom stereocenters. The van der Waals surface area contributed by atoms with Crippen LogP contribution in [0.4, 0.5) is 0 Å². The van der Waals surface area contributed by atoms with Crippen molar-refractivity contribution in [3.05, 3.63) is 35.9 Å². The summed E-state index contributed by atoms with van der Waals surface area (Å²) >= 11 is 0. The maximum absolute atomic E-state index is 12.3. The van der Waals surface area contributed by atoms with Gasteiger partial charge in [-0.05, 0) is 30.2 Å². The lowest BCUT2D eigenvalue weighted by Gasteiger charge is -2.23. The number of hydrogen-bond donors (Lipinski definition) is 3. The summed E-state index contributed by atoms with van der Waals surface area (Å²) in [6.07, 6.45) is 1.72. The highest BCUT2D eigenvalue weighted by molar-refractivity contribution is 5.79. The summed E-state index contributed by atoms with van der Waals surface area (Å²) in [7, 11) is 0. The van der Waals surface area contributed by atoms with Gasteiger partial charge in [0, 0.05) is 19.2 Å². The Labute approximate surface area is 134 Å². The molecule has 0 heterocycles. The zero-order valence-electron chi connectivity index (χ0n) is 14.0. The molecule has 0 saturated heterocycles. The normalized spacial score (nSPS) is 15.4. The molecule has 0 saturated carbocycles. The maximum Gasteiger partial charge on any atom is 0.224 e. The molecule has 0 aliphatic rings. The smallest absolute Gasteiger partial charge is 0.224 e. The molecule has 1 amide bonds. The summed E-state index contributed by atoms with van der Waals surface area (Å²) in [5.41, 5.74) is 7.16. The van der Waals surface area contributed by atoms with Gasteiger partial charge >= 0.3 is 0 Å². The van der Waals surface area contributed by atoms with Crippen LogP contribution in [0.1, 0.15) is 45.2 Å². The minimum Gasteiger partial charge on any atom is -0.396 e. The molecule has 22 heavy (non-hydrogen) atoms. The molecule has 1 aromatic rings. The number of carbonyl (C=O) groups is 1. The fourth-order valence-corrected chi connectivity index (χ4v) is 2.69. The van der Waals surface area contributed by atoms with Gasteiger partial charge < -0.3 is 16.2 Å². The number of aliphatic hydroxyl groups is 1. The van der Waals surface area contributed by atoms with Gasteiger partial charge in [0.15, 0.2) is 0 Å². The lowest BCUT2D eigenvalue weighted by molar-refractivity contribution is -0.125. The van der Waals surface area contributed by atoms with E-state index in [9.17, 15) is 4.79 Å². The molecule has 1 rings (SSSR count). The van der Waals surface area contributed by atoms with Crippen molar-refractivity contribution in [1.82, 2.24) is 5.32 Å². The van der Waals surface area contributed by atoms with Gasteiger partial charge in [-0.1, -0.05) is 51.1 Å². The van der Waals surface area contributed by atoms with E-state index in [0.29, 0.717) is 18.4 Å². The van der Waals surface area contributed by atoms with Crippen LogP contribution >= 0.6 is 0 Å². The van der Waals surface area contributed by atoms with E-state index in [1.807, 2.05) is 37.3 Å². The van der Waals surface area contributed by atoms with Crippen LogP contribution in [0, 0.1) is 17.8 Å². The highest BCUT2D eigenvalue weighted by Crippen LogP contribution is 2.20. The largest absolute Gasteiger partial charge is 0.396 e. The Bertz CT molecular complexity index is 434. The third-order valence-corrected chi connectivity index (χ3v) is 4.04. The molecule has 4 N–H and O–H groups in total. The summed E-state index contributed by atoms with van der Waals surface area (Å²) in [5, 5.41) is 12.1. The fraction of sp³-hybridized carbons (Fsp3) is 0.611. The van der Waals surface area contributed by atoms with E-state index in [2.05, 4.69) is 19.2 Å². The quantitative estimate of drug-likeness (QED) is 0.656. The predicted molar refractivity (Wildman–Crippen MR) is 90.2 cm³/mol. The molecule has 0 radical (unpaired) electrons. The van der Waals surface area contributed by atoms with Gasteiger partial charge in [0.1, 0.15) is 0 Å². The average molecular weight is 306 g/mol. The SMILES string of the molecule is CC(C)CC(CCO)CNC(=O)C(C)C(N)c1ccccc1. The van der Waals surface area contributed by atoms with E-state index < -0.39 is 0 Å². The van der Waals surface area contributed by atoms with Gasteiger partial charge in [0.05, 0.1) is 5.92 Å². The number of nitrogens with two attached hydrogens (primary N) is 1. The van der Waals surface area contributed by atoms with Gasteiger partial charge in [0.25, 0.3) is 0 Å². The summed E-state index contributed by atoms with van der Waals surface area (Å²) in [6.45, 7) is 6.92. The molecule has 124 valence electrons. The molecule has 0 fully saturated rings. The van der Waals surface area contributed by atoms with E-state index in [0.717, 1.165) is 18.4 Å². The van der Waals surface area contributed by atoms with Crippen molar-refractivity contribution in [2.45, 2.75) is 39.7 Å². The minimum atomic E-state index is -0.303. The van der Waals surface area contributed by atoms with Crippen molar-refractivity contribution in [1.29, 1.82) is 0 Å². The third-order valence-electron chi connectivity index (χ3n) is 4.04. The van der Waals surface area contributed by atoms with E-state index in [1.54, 1.807) is 0 Å². The second-order valence-corrected chi connectivity index (χ2v) is 6.48. The van der Waals surface area contributed by atoms with Gasteiger partial charge in [-0.2, -0.15) is 0 Å².